The predicted molar refractivity (Wildman–Crippen MR) is 124 cm³/mol. The highest BCUT2D eigenvalue weighted by Crippen LogP contribution is 2.43. The number of aromatic nitrogens is 1. The summed E-state index contributed by atoms with van der Waals surface area (Å²) in [5.74, 6) is 0.513. The quantitative estimate of drug-likeness (QED) is 0.349. The number of para-hydroxylation sites is 1. The van der Waals surface area contributed by atoms with Crippen molar-refractivity contribution in [3.05, 3.63) is 93.7 Å². The molecule has 1 aliphatic rings. The average molecular weight is 442 g/mol. The van der Waals surface area contributed by atoms with Gasteiger partial charge in [0.2, 0.25) is 5.76 Å². The Labute approximate surface area is 186 Å². The van der Waals surface area contributed by atoms with Crippen molar-refractivity contribution in [3.63, 3.8) is 0 Å². The lowest BCUT2D eigenvalue weighted by molar-refractivity contribution is 0.0969. The van der Waals surface area contributed by atoms with E-state index in [0.29, 0.717) is 27.8 Å². The first kappa shape index (κ1) is 19.0. The highest BCUT2D eigenvalue weighted by Gasteiger charge is 2.46. The molecule has 32 heavy (non-hydrogen) atoms. The minimum absolute atomic E-state index is 0.0391. The molecule has 7 heteroatoms. The number of hydrogen-bond acceptors (Lipinski definition) is 6. The van der Waals surface area contributed by atoms with Gasteiger partial charge in [-0.05, 0) is 47.9 Å². The van der Waals surface area contributed by atoms with Crippen molar-refractivity contribution in [1.29, 1.82) is 0 Å². The second-order valence-corrected chi connectivity index (χ2v) is 9.15. The summed E-state index contributed by atoms with van der Waals surface area (Å²) in [5, 5.41) is 0.936. The number of carbonyl (C=O) groups excluding carboxylic acids is 1. The van der Waals surface area contributed by atoms with E-state index in [0.717, 1.165) is 10.2 Å². The van der Waals surface area contributed by atoms with Crippen molar-refractivity contribution < 1.29 is 13.6 Å². The molecule has 0 aliphatic carbocycles. The summed E-state index contributed by atoms with van der Waals surface area (Å²) in [7, 11) is 0. The van der Waals surface area contributed by atoms with Crippen LogP contribution in [0, 0.1) is 0 Å². The fraction of sp³-hybridized carbons (Fsp3) is 0.160. The van der Waals surface area contributed by atoms with Crippen LogP contribution in [0.4, 0.5) is 5.13 Å². The topological polar surface area (TPSA) is 76.6 Å². The van der Waals surface area contributed by atoms with E-state index in [1.54, 1.807) is 36.4 Å². The summed E-state index contributed by atoms with van der Waals surface area (Å²) >= 11 is 1.42. The highest BCUT2D eigenvalue weighted by molar-refractivity contribution is 7.22. The monoisotopic (exact) mass is 442 g/mol. The molecule has 4 heterocycles. The van der Waals surface area contributed by atoms with E-state index in [2.05, 4.69) is 26.0 Å². The third-order valence-corrected chi connectivity index (χ3v) is 6.88. The maximum absolute atomic E-state index is 13.6. The Morgan fingerprint density at radius 1 is 1.06 bits per heavy atom. The molecule has 0 radical (unpaired) electrons. The van der Waals surface area contributed by atoms with E-state index in [9.17, 15) is 9.59 Å². The molecule has 0 bridgehead atoms. The number of carbonyl (C=O) groups is 1. The van der Waals surface area contributed by atoms with Gasteiger partial charge in [0.1, 0.15) is 17.4 Å². The van der Waals surface area contributed by atoms with Gasteiger partial charge in [0.05, 0.1) is 27.4 Å². The van der Waals surface area contributed by atoms with Crippen molar-refractivity contribution in [2.45, 2.75) is 25.8 Å². The Morgan fingerprint density at radius 3 is 2.69 bits per heavy atom. The summed E-state index contributed by atoms with van der Waals surface area (Å²) in [6, 6.07) is 15.9. The van der Waals surface area contributed by atoms with E-state index < -0.39 is 11.9 Å². The molecular weight excluding hydrogens is 424 g/mol. The largest absolute Gasteiger partial charge is 0.467 e. The molecule has 0 saturated carbocycles. The lowest BCUT2D eigenvalue weighted by atomic mass is 10.0. The van der Waals surface area contributed by atoms with Crippen LogP contribution in [-0.4, -0.2) is 10.9 Å². The lowest BCUT2D eigenvalue weighted by Gasteiger charge is -2.19. The van der Waals surface area contributed by atoms with Gasteiger partial charge in [-0.15, -0.1) is 0 Å². The molecule has 0 spiro atoms. The minimum atomic E-state index is -0.738. The van der Waals surface area contributed by atoms with Crippen LogP contribution in [0.2, 0.25) is 0 Å². The van der Waals surface area contributed by atoms with Gasteiger partial charge in [-0.1, -0.05) is 43.4 Å². The first-order valence-electron chi connectivity index (χ1n) is 10.4. The minimum Gasteiger partial charge on any atom is -0.467 e. The number of amides is 1. The fourth-order valence-corrected chi connectivity index (χ4v) is 5.26. The summed E-state index contributed by atoms with van der Waals surface area (Å²) < 4.78 is 12.6. The number of furan rings is 1. The second kappa shape index (κ2) is 6.90. The van der Waals surface area contributed by atoms with Gasteiger partial charge in [0.25, 0.3) is 5.91 Å². The smallest absolute Gasteiger partial charge is 0.297 e. The first-order valence-corrected chi connectivity index (χ1v) is 11.2. The molecule has 6 rings (SSSR count). The van der Waals surface area contributed by atoms with Gasteiger partial charge in [0, 0.05) is 0 Å². The molecule has 0 fully saturated rings. The summed E-state index contributed by atoms with van der Waals surface area (Å²) in [5.41, 5.74) is 2.44. The van der Waals surface area contributed by atoms with Crippen molar-refractivity contribution in [2.24, 2.45) is 0 Å². The van der Waals surface area contributed by atoms with Gasteiger partial charge in [-0.25, -0.2) is 4.98 Å². The Kier molecular flexibility index (Phi) is 4.10. The van der Waals surface area contributed by atoms with Crippen LogP contribution in [0.5, 0.6) is 0 Å². The predicted octanol–water partition coefficient (Wildman–Crippen LogP) is 5.87. The maximum atomic E-state index is 13.6. The number of fused-ring (bicyclic) bond motifs is 3. The van der Waals surface area contributed by atoms with Crippen LogP contribution in [0.1, 0.15) is 53.2 Å². The number of nitrogens with zero attached hydrogens (tertiary/aromatic N) is 2. The number of anilines is 1. The number of hydrogen-bond donors (Lipinski definition) is 0. The van der Waals surface area contributed by atoms with Crippen LogP contribution >= 0.6 is 11.3 Å². The molecule has 6 nitrogen and oxygen atoms in total. The van der Waals surface area contributed by atoms with Crippen molar-refractivity contribution >= 4 is 43.6 Å². The molecule has 0 unspecified atom stereocenters. The zero-order chi connectivity index (χ0) is 22.0. The van der Waals surface area contributed by atoms with Crippen LogP contribution < -0.4 is 10.3 Å². The molecule has 5 aromatic rings. The van der Waals surface area contributed by atoms with Crippen molar-refractivity contribution in [1.82, 2.24) is 4.98 Å². The SMILES string of the molecule is CC(C)c1ccc2nc(N3C(=O)c4oc5ccccc5c(=O)c4[C@H]3c3ccco3)sc2c1. The van der Waals surface area contributed by atoms with E-state index in [1.807, 2.05) is 6.07 Å². The molecule has 1 atom stereocenters. The van der Waals surface area contributed by atoms with Gasteiger partial charge in [-0.3, -0.25) is 14.5 Å². The molecule has 1 amide bonds. The van der Waals surface area contributed by atoms with Crippen LogP contribution in [0.25, 0.3) is 21.2 Å². The number of rotatable bonds is 3. The second-order valence-electron chi connectivity index (χ2n) is 8.14. The molecular formula is C25H18N2O4S. The third-order valence-electron chi connectivity index (χ3n) is 5.86. The van der Waals surface area contributed by atoms with E-state index in [1.165, 1.54) is 28.1 Å². The summed E-state index contributed by atoms with van der Waals surface area (Å²) in [6.45, 7) is 4.28. The van der Waals surface area contributed by atoms with E-state index in [4.69, 9.17) is 13.8 Å². The Morgan fingerprint density at radius 2 is 1.91 bits per heavy atom. The molecule has 0 N–H and O–H groups in total. The van der Waals surface area contributed by atoms with E-state index in [-0.39, 0.29) is 16.8 Å². The summed E-state index contributed by atoms with van der Waals surface area (Å²) in [6.07, 6.45) is 1.53. The molecule has 1 aliphatic heterocycles. The average Bonchev–Trinajstić information content (AvgIpc) is 3.51. The van der Waals surface area contributed by atoms with Crippen molar-refractivity contribution in [3.8, 4) is 0 Å². The van der Waals surface area contributed by atoms with Crippen LogP contribution in [-0.2, 0) is 0 Å². The summed E-state index contributed by atoms with van der Waals surface area (Å²) in [4.78, 5) is 33.3. The molecule has 3 aromatic heterocycles. The fourth-order valence-electron chi connectivity index (χ4n) is 4.22. The zero-order valence-electron chi connectivity index (χ0n) is 17.4. The van der Waals surface area contributed by atoms with Crippen LogP contribution in [0.3, 0.4) is 0 Å². The van der Waals surface area contributed by atoms with Crippen LogP contribution in [0.15, 0.2) is 74.5 Å². The zero-order valence-corrected chi connectivity index (χ0v) is 18.2. The van der Waals surface area contributed by atoms with Gasteiger partial charge >= 0.3 is 0 Å². The van der Waals surface area contributed by atoms with E-state index >= 15 is 0 Å². The Hall–Kier alpha value is -3.71. The lowest BCUT2D eigenvalue weighted by Crippen LogP contribution is -2.29. The Bertz CT molecular complexity index is 1560. The normalized spacial score (nSPS) is 15.9. The van der Waals surface area contributed by atoms with Gasteiger partial charge in [0.15, 0.2) is 10.6 Å². The van der Waals surface area contributed by atoms with Crippen molar-refractivity contribution in [2.75, 3.05) is 4.90 Å². The van der Waals surface area contributed by atoms with Gasteiger partial charge < -0.3 is 8.83 Å². The highest BCUT2D eigenvalue weighted by atomic mass is 32.1. The maximum Gasteiger partial charge on any atom is 0.297 e. The first-order chi connectivity index (χ1) is 15.5. The molecule has 158 valence electrons. The number of thiazole rings is 1. The van der Waals surface area contributed by atoms with Gasteiger partial charge in [-0.2, -0.15) is 0 Å². The number of benzene rings is 2. The standard InChI is InChI=1S/C25H18N2O4S/c1-13(2)14-9-10-16-19(12-14)32-25(26-16)27-21(18-8-5-11-30-18)20-22(28)15-6-3-4-7-17(15)31-23(20)24(27)29/h3-13,21H,1-2H3/t21-/m1/s1. The third kappa shape index (κ3) is 2.67. The Balaban J connectivity index is 1.59. The molecule has 0 saturated heterocycles. The molecule has 2 aromatic carbocycles.